The predicted molar refractivity (Wildman–Crippen MR) is 82.9 cm³/mol. The molecule has 0 radical (unpaired) electrons. The van der Waals surface area contributed by atoms with Crippen molar-refractivity contribution in [2.24, 2.45) is 0 Å². The molecular formula is C18H17F4NO. The molecule has 0 saturated carbocycles. The molecule has 128 valence electrons. The highest BCUT2D eigenvalue weighted by Gasteiger charge is 2.33. The molecule has 2 aromatic rings. The lowest BCUT2D eigenvalue weighted by Crippen LogP contribution is -2.26. The number of hydrogen-bond acceptors (Lipinski definition) is 1. The Balaban J connectivity index is 2.08. The summed E-state index contributed by atoms with van der Waals surface area (Å²) in [6, 6.07) is 8.10. The first-order valence-corrected chi connectivity index (χ1v) is 7.35. The minimum absolute atomic E-state index is 0.0794. The van der Waals surface area contributed by atoms with Crippen molar-refractivity contribution in [2.45, 2.75) is 33.0 Å². The molecule has 0 bridgehead atoms. The van der Waals surface area contributed by atoms with Crippen molar-refractivity contribution in [3.05, 3.63) is 70.0 Å². The molecule has 1 amide bonds. The molecule has 0 aromatic heterocycles. The van der Waals surface area contributed by atoms with E-state index in [0.717, 1.165) is 28.8 Å². The van der Waals surface area contributed by atoms with Gasteiger partial charge in [-0.05, 0) is 42.7 Å². The maximum absolute atomic E-state index is 13.1. The van der Waals surface area contributed by atoms with Gasteiger partial charge < -0.3 is 5.32 Å². The van der Waals surface area contributed by atoms with Crippen molar-refractivity contribution < 1.29 is 22.4 Å². The Labute approximate surface area is 137 Å². The summed E-state index contributed by atoms with van der Waals surface area (Å²) in [6.07, 6.45) is -4.59. The van der Waals surface area contributed by atoms with Gasteiger partial charge in [0.15, 0.2) is 0 Å². The number of alkyl halides is 3. The summed E-state index contributed by atoms with van der Waals surface area (Å²) in [5.74, 6) is -1.35. The third-order valence-corrected chi connectivity index (χ3v) is 3.71. The molecule has 2 nitrogen and oxygen atoms in total. The lowest BCUT2D eigenvalue weighted by molar-refractivity contribution is -0.138. The minimum atomic E-state index is -4.67. The van der Waals surface area contributed by atoms with Gasteiger partial charge in [-0.15, -0.1) is 0 Å². The highest BCUT2D eigenvalue weighted by atomic mass is 19.4. The Morgan fingerprint density at radius 3 is 2.42 bits per heavy atom. The highest BCUT2D eigenvalue weighted by Crippen LogP contribution is 2.32. The van der Waals surface area contributed by atoms with Gasteiger partial charge in [0.1, 0.15) is 5.82 Å². The molecule has 2 aromatic carbocycles. The standard InChI is InChI=1S/C18H17F4NO/c1-11-3-4-12(2)14(7-11)8-17(24)23-10-13-5-6-15(19)9-16(13)18(20,21)22/h3-7,9H,8,10H2,1-2H3,(H,23,24). The molecule has 0 aliphatic heterocycles. The van der Waals surface area contributed by atoms with Crippen LogP contribution in [0.5, 0.6) is 0 Å². The van der Waals surface area contributed by atoms with Crippen molar-refractivity contribution in [2.75, 3.05) is 0 Å². The zero-order valence-electron chi connectivity index (χ0n) is 13.3. The van der Waals surface area contributed by atoms with E-state index in [1.165, 1.54) is 0 Å². The smallest absolute Gasteiger partial charge is 0.352 e. The molecule has 0 aliphatic rings. The number of nitrogens with one attached hydrogen (secondary N) is 1. The minimum Gasteiger partial charge on any atom is -0.352 e. The Bertz CT molecular complexity index is 753. The van der Waals surface area contributed by atoms with E-state index in [-0.39, 0.29) is 24.4 Å². The van der Waals surface area contributed by atoms with Crippen molar-refractivity contribution in [1.29, 1.82) is 0 Å². The lowest BCUT2D eigenvalue weighted by Gasteiger charge is -2.14. The van der Waals surface area contributed by atoms with Crippen LogP contribution in [0.4, 0.5) is 17.6 Å². The van der Waals surface area contributed by atoms with E-state index < -0.39 is 17.6 Å². The Morgan fingerprint density at radius 1 is 1.04 bits per heavy atom. The fraction of sp³-hybridized carbons (Fsp3) is 0.278. The fourth-order valence-electron chi connectivity index (χ4n) is 2.39. The number of amides is 1. The van der Waals surface area contributed by atoms with E-state index in [9.17, 15) is 22.4 Å². The summed E-state index contributed by atoms with van der Waals surface area (Å²) in [5.41, 5.74) is 1.52. The van der Waals surface area contributed by atoms with E-state index in [2.05, 4.69) is 5.32 Å². The summed E-state index contributed by atoms with van der Waals surface area (Å²) in [7, 11) is 0. The van der Waals surface area contributed by atoms with Gasteiger partial charge in [0, 0.05) is 6.54 Å². The maximum atomic E-state index is 13.1. The van der Waals surface area contributed by atoms with Gasteiger partial charge >= 0.3 is 6.18 Å². The molecule has 6 heteroatoms. The van der Waals surface area contributed by atoms with Crippen LogP contribution in [0.1, 0.15) is 27.8 Å². The van der Waals surface area contributed by atoms with Crippen LogP contribution in [-0.4, -0.2) is 5.91 Å². The van der Waals surface area contributed by atoms with Crippen LogP contribution in [0.2, 0.25) is 0 Å². The molecule has 0 atom stereocenters. The van der Waals surface area contributed by atoms with Crippen LogP contribution in [0, 0.1) is 19.7 Å². The van der Waals surface area contributed by atoms with Crippen LogP contribution in [-0.2, 0) is 23.9 Å². The van der Waals surface area contributed by atoms with Gasteiger partial charge in [0.05, 0.1) is 12.0 Å². The van der Waals surface area contributed by atoms with Crippen LogP contribution < -0.4 is 5.32 Å². The highest BCUT2D eigenvalue weighted by molar-refractivity contribution is 5.79. The molecule has 0 unspecified atom stereocenters. The summed E-state index contributed by atoms with van der Waals surface area (Å²) < 4.78 is 51.8. The monoisotopic (exact) mass is 339 g/mol. The van der Waals surface area contributed by atoms with Crippen LogP contribution in [0.25, 0.3) is 0 Å². The Morgan fingerprint density at radius 2 is 1.75 bits per heavy atom. The molecule has 0 heterocycles. The number of aryl methyl sites for hydroxylation is 2. The third-order valence-electron chi connectivity index (χ3n) is 3.71. The predicted octanol–water partition coefficient (Wildman–Crippen LogP) is 4.32. The molecule has 0 saturated heterocycles. The van der Waals surface area contributed by atoms with Crippen LogP contribution in [0.15, 0.2) is 36.4 Å². The second-order valence-electron chi connectivity index (χ2n) is 5.68. The molecule has 0 fully saturated rings. The van der Waals surface area contributed by atoms with Gasteiger partial charge in [-0.1, -0.05) is 29.8 Å². The first kappa shape index (κ1) is 18.0. The second-order valence-corrected chi connectivity index (χ2v) is 5.68. The normalized spacial score (nSPS) is 11.4. The van der Waals surface area contributed by atoms with Gasteiger partial charge in [0.25, 0.3) is 0 Å². The average Bonchev–Trinajstić information content (AvgIpc) is 2.49. The van der Waals surface area contributed by atoms with Crippen molar-refractivity contribution in [1.82, 2.24) is 5.32 Å². The third kappa shape index (κ3) is 4.57. The maximum Gasteiger partial charge on any atom is 0.416 e. The lowest BCUT2D eigenvalue weighted by atomic mass is 10.0. The summed E-state index contributed by atoms with van der Waals surface area (Å²) in [6.45, 7) is 3.46. The quantitative estimate of drug-likeness (QED) is 0.826. The number of halogens is 4. The fourth-order valence-corrected chi connectivity index (χ4v) is 2.39. The average molecular weight is 339 g/mol. The zero-order valence-corrected chi connectivity index (χ0v) is 13.3. The topological polar surface area (TPSA) is 29.1 Å². The number of carbonyl (C=O) groups is 1. The van der Waals surface area contributed by atoms with E-state index in [4.69, 9.17) is 0 Å². The Kier molecular flexibility index (Phi) is 5.26. The molecular weight excluding hydrogens is 322 g/mol. The van der Waals surface area contributed by atoms with Crippen molar-refractivity contribution >= 4 is 5.91 Å². The molecule has 0 aliphatic carbocycles. The molecule has 0 spiro atoms. The van der Waals surface area contributed by atoms with E-state index in [0.29, 0.717) is 6.07 Å². The van der Waals surface area contributed by atoms with Gasteiger partial charge in [0.2, 0.25) is 5.91 Å². The van der Waals surface area contributed by atoms with E-state index in [1.54, 1.807) is 0 Å². The summed E-state index contributed by atoms with van der Waals surface area (Å²) in [5, 5.41) is 2.46. The van der Waals surface area contributed by atoms with Gasteiger partial charge in [-0.3, -0.25) is 4.79 Å². The molecule has 24 heavy (non-hydrogen) atoms. The largest absolute Gasteiger partial charge is 0.416 e. The number of hydrogen-bond donors (Lipinski definition) is 1. The summed E-state index contributed by atoms with van der Waals surface area (Å²) in [4.78, 5) is 12.0. The molecule has 1 N–H and O–H groups in total. The summed E-state index contributed by atoms with van der Waals surface area (Å²) >= 11 is 0. The second kappa shape index (κ2) is 7.03. The first-order chi connectivity index (χ1) is 11.2. The van der Waals surface area contributed by atoms with E-state index in [1.807, 2.05) is 32.0 Å². The number of carbonyl (C=O) groups excluding carboxylic acids is 1. The first-order valence-electron chi connectivity index (χ1n) is 7.35. The van der Waals surface area contributed by atoms with Crippen molar-refractivity contribution in [3.8, 4) is 0 Å². The van der Waals surface area contributed by atoms with Gasteiger partial charge in [-0.25, -0.2) is 4.39 Å². The van der Waals surface area contributed by atoms with Crippen LogP contribution >= 0.6 is 0 Å². The number of benzene rings is 2. The zero-order chi connectivity index (χ0) is 17.9. The Hall–Kier alpha value is -2.37. The molecule has 2 rings (SSSR count). The van der Waals surface area contributed by atoms with Crippen molar-refractivity contribution in [3.63, 3.8) is 0 Å². The van der Waals surface area contributed by atoms with Gasteiger partial charge in [-0.2, -0.15) is 13.2 Å². The SMILES string of the molecule is Cc1ccc(C)c(CC(=O)NCc2ccc(F)cc2C(F)(F)F)c1. The number of rotatable bonds is 4. The van der Waals surface area contributed by atoms with Crippen LogP contribution in [0.3, 0.4) is 0 Å². The van der Waals surface area contributed by atoms with E-state index >= 15 is 0 Å².